The van der Waals surface area contributed by atoms with Crippen LogP contribution >= 0.6 is 0 Å². The second kappa shape index (κ2) is 11.5. The van der Waals surface area contributed by atoms with Gasteiger partial charge in [-0.1, -0.05) is 25.5 Å². The average Bonchev–Trinajstić information content (AvgIpc) is 2.75. The van der Waals surface area contributed by atoms with Gasteiger partial charge in [0.15, 0.2) is 17.4 Å². The summed E-state index contributed by atoms with van der Waals surface area (Å²) in [5.41, 5.74) is 1.55. The summed E-state index contributed by atoms with van der Waals surface area (Å²) in [6.07, 6.45) is 2.67. The van der Waals surface area contributed by atoms with Crippen LogP contribution in [0.2, 0.25) is 0 Å². The summed E-state index contributed by atoms with van der Waals surface area (Å²) in [4.78, 5) is 0. The van der Waals surface area contributed by atoms with Crippen molar-refractivity contribution >= 4 is 0 Å². The van der Waals surface area contributed by atoms with Crippen molar-refractivity contribution in [2.24, 2.45) is 5.92 Å². The van der Waals surface area contributed by atoms with Gasteiger partial charge in [0.1, 0.15) is 5.82 Å². The van der Waals surface area contributed by atoms with Gasteiger partial charge in [0.2, 0.25) is 0 Å². The van der Waals surface area contributed by atoms with Crippen LogP contribution in [-0.2, 0) is 17.6 Å². The summed E-state index contributed by atoms with van der Waals surface area (Å²) in [5, 5.41) is 0. The molecule has 174 valence electrons. The molecule has 0 bridgehead atoms. The number of halogens is 5. The zero-order valence-electron chi connectivity index (χ0n) is 17.9. The molecular formula is C25H27F5O2. The minimum absolute atomic E-state index is 0.110. The van der Waals surface area contributed by atoms with E-state index in [0.29, 0.717) is 36.0 Å². The quantitative estimate of drug-likeness (QED) is 0.292. The van der Waals surface area contributed by atoms with Crippen molar-refractivity contribution < 1.29 is 31.4 Å². The Hall–Kier alpha value is -2.41. The topological polar surface area (TPSA) is 18.5 Å². The van der Waals surface area contributed by atoms with E-state index in [-0.39, 0.29) is 24.8 Å². The van der Waals surface area contributed by atoms with Crippen molar-refractivity contribution in [1.82, 2.24) is 0 Å². The molecule has 3 rings (SSSR count). The minimum Gasteiger partial charge on any atom is -0.459 e. The highest BCUT2D eigenvalue weighted by Crippen LogP contribution is 2.33. The van der Waals surface area contributed by atoms with Crippen LogP contribution < -0.4 is 4.74 Å². The van der Waals surface area contributed by atoms with E-state index in [2.05, 4.69) is 11.7 Å². The van der Waals surface area contributed by atoms with Crippen LogP contribution in [0.25, 0.3) is 0 Å². The summed E-state index contributed by atoms with van der Waals surface area (Å²) >= 11 is 0. The average molecular weight is 454 g/mol. The SMILES string of the molecule is CCCC1CCC(c2ccc(CCc3cc(F)c(OC=CC(F)F)c(F)c3)c(F)c2)OC1. The molecule has 1 fully saturated rings. The normalized spacial score (nSPS) is 19.1. The summed E-state index contributed by atoms with van der Waals surface area (Å²) in [5.74, 6) is -2.58. The van der Waals surface area contributed by atoms with Crippen LogP contribution in [0.3, 0.4) is 0 Å². The minimum atomic E-state index is -2.79. The first-order chi connectivity index (χ1) is 15.4. The number of aryl methyl sites for hydroxylation is 2. The highest BCUT2D eigenvalue weighted by atomic mass is 19.3. The molecule has 0 aliphatic carbocycles. The number of alkyl halides is 2. The van der Waals surface area contributed by atoms with Crippen LogP contribution in [0, 0.1) is 23.4 Å². The molecular weight excluding hydrogens is 427 g/mol. The number of ether oxygens (including phenoxy) is 2. The maximum absolute atomic E-state index is 14.6. The van der Waals surface area contributed by atoms with E-state index in [1.807, 2.05) is 6.07 Å². The van der Waals surface area contributed by atoms with Crippen LogP contribution in [0.15, 0.2) is 42.7 Å². The number of rotatable bonds is 9. The first-order valence-electron chi connectivity index (χ1n) is 10.9. The fourth-order valence-electron chi connectivity index (χ4n) is 3.99. The third kappa shape index (κ3) is 6.55. The molecule has 1 aliphatic heterocycles. The lowest BCUT2D eigenvalue weighted by Crippen LogP contribution is -2.20. The lowest BCUT2D eigenvalue weighted by molar-refractivity contribution is -0.0196. The Morgan fingerprint density at radius 1 is 1.03 bits per heavy atom. The number of hydrogen-bond acceptors (Lipinski definition) is 2. The fraction of sp³-hybridized carbons (Fsp3) is 0.440. The maximum atomic E-state index is 14.6. The molecule has 0 saturated carbocycles. The van der Waals surface area contributed by atoms with E-state index in [9.17, 15) is 22.0 Å². The lowest BCUT2D eigenvalue weighted by atomic mass is 9.91. The molecule has 1 heterocycles. The molecule has 7 heteroatoms. The summed E-state index contributed by atoms with van der Waals surface area (Å²) in [6, 6.07) is 7.13. The van der Waals surface area contributed by atoms with Gasteiger partial charge in [0.25, 0.3) is 6.43 Å². The van der Waals surface area contributed by atoms with E-state index in [1.54, 1.807) is 6.07 Å². The van der Waals surface area contributed by atoms with E-state index >= 15 is 0 Å². The molecule has 0 amide bonds. The Kier molecular flexibility index (Phi) is 8.67. The van der Waals surface area contributed by atoms with Crippen LogP contribution in [-0.4, -0.2) is 13.0 Å². The van der Waals surface area contributed by atoms with Crippen molar-refractivity contribution in [3.63, 3.8) is 0 Å². The Morgan fingerprint density at radius 2 is 1.78 bits per heavy atom. The van der Waals surface area contributed by atoms with Gasteiger partial charge in [0, 0.05) is 6.08 Å². The molecule has 0 N–H and O–H groups in total. The van der Waals surface area contributed by atoms with Gasteiger partial charge >= 0.3 is 0 Å². The molecule has 0 aromatic heterocycles. The number of allylic oxidation sites excluding steroid dienone is 1. The standard InChI is InChI=1S/C25H27F5O2/c1-2-3-16-5-9-23(32-15-16)19-8-7-18(20(26)14-19)6-4-17-12-21(27)25(22(28)13-17)31-11-10-24(29)30/h7-8,10-14,16,23-24H,2-6,9,15H2,1H3. The predicted octanol–water partition coefficient (Wildman–Crippen LogP) is 7.31. The molecule has 2 unspecified atom stereocenters. The lowest BCUT2D eigenvalue weighted by Gasteiger charge is -2.29. The van der Waals surface area contributed by atoms with Gasteiger partial charge in [-0.2, -0.15) is 0 Å². The van der Waals surface area contributed by atoms with Crippen LogP contribution in [0.4, 0.5) is 22.0 Å². The summed E-state index contributed by atoms with van der Waals surface area (Å²) < 4.78 is 77.5. The van der Waals surface area contributed by atoms with E-state index in [0.717, 1.165) is 43.4 Å². The predicted molar refractivity (Wildman–Crippen MR) is 112 cm³/mol. The molecule has 2 atom stereocenters. The van der Waals surface area contributed by atoms with Gasteiger partial charge in [-0.05, 0) is 72.9 Å². The van der Waals surface area contributed by atoms with Crippen LogP contribution in [0.5, 0.6) is 5.75 Å². The zero-order chi connectivity index (χ0) is 23.1. The van der Waals surface area contributed by atoms with Gasteiger partial charge in [-0.3, -0.25) is 0 Å². The zero-order valence-corrected chi connectivity index (χ0v) is 17.9. The van der Waals surface area contributed by atoms with Crippen LogP contribution in [0.1, 0.15) is 55.4 Å². The molecule has 2 aromatic carbocycles. The van der Waals surface area contributed by atoms with Crippen molar-refractivity contribution in [3.05, 3.63) is 76.8 Å². The Balaban J connectivity index is 1.60. The molecule has 1 saturated heterocycles. The van der Waals surface area contributed by atoms with E-state index in [4.69, 9.17) is 4.74 Å². The number of hydrogen-bond donors (Lipinski definition) is 0. The maximum Gasteiger partial charge on any atom is 0.260 e. The van der Waals surface area contributed by atoms with Gasteiger partial charge in [-0.15, -0.1) is 0 Å². The molecule has 0 spiro atoms. The first kappa shape index (κ1) is 24.2. The Bertz CT molecular complexity index is 898. The molecule has 2 nitrogen and oxygen atoms in total. The summed E-state index contributed by atoms with van der Waals surface area (Å²) in [7, 11) is 0. The third-order valence-corrected chi connectivity index (χ3v) is 5.67. The highest BCUT2D eigenvalue weighted by Gasteiger charge is 2.23. The largest absolute Gasteiger partial charge is 0.459 e. The summed E-state index contributed by atoms with van der Waals surface area (Å²) in [6.45, 7) is 2.84. The number of benzene rings is 2. The first-order valence-corrected chi connectivity index (χ1v) is 10.9. The van der Waals surface area contributed by atoms with E-state index < -0.39 is 23.8 Å². The Morgan fingerprint density at radius 3 is 2.38 bits per heavy atom. The Labute approximate surface area is 185 Å². The van der Waals surface area contributed by atoms with Crippen molar-refractivity contribution in [2.45, 2.75) is 58.0 Å². The molecule has 1 aliphatic rings. The van der Waals surface area contributed by atoms with Gasteiger partial charge in [0.05, 0.1) is 19.0 Å². The fourth-order valence-corrected chi connectivity index (χ4v) is 3.99. The molecule has 0 radical (unpaired) electrons. The third-order valence-electron chi connectivity index (χ3n) is 5.67. The van der Waals surface area contributed by atoms with Gasteiger partial charge in [-0.25, -0.2) is 22.0 Å². The van der Waals surface area contributed by atoms with Crippen molar-refractivity contribution in [3.8, 4) is 5.75 Å². The van der Waals surface area contributed by atoms with Gasteiger partial charge < -0.3 is 9.47 Å². The van der Waals surface area contributed by atoms with E-state index in [1.165, 1.54) is 6.07 Å². The molecule has 2 aromatic rings. The monoisotopic (exact) mass is 454 g/mol. The smallest absolute Gasteiger partial charge is 0.260 e. The van der Waals surface area contributed by atoms with Crippen molar-refractivity contribution in [1.29, 1.82) is 0 Å². The second-order valence-electron chi connectivity index (χ2n) is 8.07. The van der Waals surface area contributed by atoms with Crippen molar-refractivity contribution in [2.75, 3.05) is 6.61 Å². The second-order valence-corrected chi connectivity index (χ2v) is 8.07. The molecule has 32 heavy (non-hydrogen) atoms. The highest BCUT2D eigenvalue weighted by molar-refractivity contribution is 5.33.